The van der Waals surface area contributed by atoms with Gasteiger partial charge in [0.15, 0.2) is 12.1 Å². The molecule has 0 aliphatic carbocycles. The molecule has 2 heterocycles. The van der Waals surface area contributed by atoms with E-state index in [2.05, 4.69) is 0 Å². The first-order valence-electron chi connectivity index (χ1n) is 5.21. The second-order valence-electron chi connectivity index (χ2n) is 4.44. The van der Waals surface area contributed by atoms with Crippen LogP contribution in [0, 0.1) is 0 Å². The maximum absolute atomic E-state index is 10.6. The molecule has 92 valence electrons. The molecule has 6 heteroatoms. The van der Waals surface area contributed by atoms with Crippen molar-refractivity contribution in [2.24, 2.45) is 0 Å². The van der Waals surface area contributed by atoms with E-state index >= 15 is 0 Å². The minimum absolute atomic E-state index is 0.0106. The van der Waals surface area contributed by atoms with E-state index in [1.165, 1.54) is 6.92 Å². The Balaban J connectivity index is 1.92. The van der Waals surface area contributed by atoms with Crippen LogP contribution >= 0.6 is 0 Å². The number of aliphatic hydroxyl groups excluding tert-OH is 1. The average molecular weight is 232 g/mol. The standard InChI is InChI=1S/C10H16O6/c1-5(11)13-4-6-7(12)8-9(14-6)16-10(2,3)15-8/h6-9,12H,4H2,1-3H3/t6-,7+,8+,9-/m0/s1. The molecule has 2 rings (SSSR count). The summed E-state index contributed by atoms with van der Waals surface area (Å²) in [5.74, 6) is -1.15. The second kappa shape index (κ2) is 3.96. The molecule has 16 heavy (non-hydrogen) atoms. The Morgan fingerprint density at radius 1 is 1.44 bits per heavy atom. The zero-order valence-electron chi connectivity index (χ0n) is 9.50. The highest BCUT2D eigenvalue weighted by molar-refractivity contribution is 5.65. The van der Waals surface area contributed by atoms with Crippen LogP contribution in [0.2, 0.25) is 0 Å². The van der Waals surface area contributed by atoms with E-state index in [0.29, 0.717) is 0 Å². The number of carbonyl (C=O) groups is 1. The van der Waals surface area contributed by atoms with Crippen LogP contribution < -0.4 is 0 Å². The van der Waals surface area contributed by atoms with Gasteiger partial charge >= 0.3 is 5.97 Å². The van der Waals surface area contributed by atoms with E-state index < -0.39 is 36.4 Å². The molecule has 6 nitrogen and oxygen atoms in total. The van der Waals surface area contributed by atoms with Gasteiger partial charge in [-0.1, -0.05) is 0 Å². The predicted molar refractivity (Wildman–Crippen MR) is 51.3 cm³/mol. The van der Waals surface area contributed by atoms with Crippen molar-refractivity contribution in [3.63, 3.8) is 0 Å². The molecule has 0 unspecified atom stereocenters. The van der Waals surface area contributed by atoms with E-state index in [4.69, 9.17) is 18.9 Å². The van der Waals surface area contributed by atoms with Gasteiger partial charge in [0.2, 0.25) is 0 Å². The van der Waals surface area contributed by atoms with Crippen LogP contribution in [0.1, 0.15) is 20.8 Å². The summed E-state index contributed by atoms with van der Waals surface area (Å²) in [5, 5.41) is 9.88. The third-order valence-electron chi connectivity index (χ3n) is 2.57. The lowest BCUT2D eigenvalue weighted by Crippen LogP contribution is -2.36. The van der Waals surface area contributed by atoms with Crippen molar-refractivity contribution in [3.05, 3.63) is 0 Å². The monoisotopic (exact) mass is 232 g/mol. The quantitative estimate of drug-likeness (QED) is 0.664. The lowest BCUT2D eigenvalue weighted by Gasteiger charge is -2.22. The maximum atomic E-state index is 10.6. The van der Waals surface area contributed by atoms with Gasteiger partial charge in [0.05, 0.1) is 0 Å². The molecule has 4 atom stereocenters. The lowest BCUT2D eigenvalue weighted by molar-refractivity contribution is -0.220. The second-order valence-corrected chi connectivity index (χ2v) is 4.44. The number of fused-ring (bicyclic) bond motifs is 1. The minimum Gasteiger partial charge on any atom is -0.463 e. The molecule has 1 N–H and O–H groups in total. The first kappa shape index (κ1) is 11.8. The van der Waals surface area contributed by atoms with Crippen molar-refractivity contribution in [1.29, 1.82) is 0 Å². The zero-order chi connectivity index (χ0) is 11.9. The molecule has 0 saturated carbocycles. The molecule has 0 amide bonds. The van der Waals surface area contributed by atoms with Gasteiger partial charge in [0, 0.05) is 6.92 Å². The third kappa shape index (κ3) is 2.20. The number of hydrogen-bond donors (Lipinski definition) is 1. The smallest absolute Gasteiger partial charge is 0.302 e. The Morgan fingerprint density at radius 3 is 2.69 bits per heavy atom. The fraction of sp³-hybridized carbons (Fsp3) is 0.900. The normalized spacial score (nSPS) is 40.8. The predicted octanol–water partition coefficient (Wildman–Crippen LogP) is -0.213. The van der Waals surface area contributed by atoms with Gasteiger partial charge in [0.25, 0.3) is 0 Å². The van der Waals surface area contributed by atoms with Crippen LogP contribution in [0.15, 0.2) is 0 Å². The van der Waals surface area contributed by atoms with Crippen LogP contribution in [-0.4, -0.2) is 48.1 Å². The number of aliphatic hydroxyl groups is 1. The average Bonchev–Trinajstić information content (AvgIpc) is 2.58. The highest BCUT2D eigenvalue weighted by atomic mass is 16.8. The Kier molecular flexibility index (Phi) is 2.91. The van der Waals surface area contributed by atoms with Crippen LogP contribution in [-0.2, 0) is 23.7 Å². The number of rotatable bonds is 2. The van der Waals surface area contributed by atoms with Crippen LogP contribution in [0.25, 0.3) is 0 Å². The molecule has 0 aromatic rings. The molecular formula is C10H16O6. The lowest BCUT2D eigenvalue weighted by atomic mass is 10.1. The van der Waals surface area contributed by atoms with E-state index in [-0.39, 0.29) is 6.61 Å². The third-order valence-corrected chi connectivity index (χ3v) is 2.57. The summed E-state index contributed by atoms with van der Waals surface area (Å²) in [6.45, 7) is 4.82. The fourth-order valence-corrected chi connectivity index (χ4v) is 1.90. The van der Waals surface area contributed by atoms with Gasteiger partial charge < -0.3 is 24.1 Å². The highest BCUT2D eigenvalue weighted by Gasteiger charge is 2.54. The van der Waals surface area contributed by atoms with Crippen molar-refractivity contribution in [2.45, 2.75) is 51.2 Å². The zero-order valence-corrected chi connectivity index (χ0v) is 9.50. The van der Waals surface area contributed by atoms with E-state index in [1.54, 1.807) is 13.8 Å². The summed E-state index contributed by atoms with van der Waals surface area (Å²) in [6, 6.07) is 0. The van der Waals surface area contributed by atoms with E-state index in [0.717, 1.165) is 0 Å². The molecule has 0 aromatic heterocycles. The number of esters is 1. The molecular weight excluding hydrogens is 216 g/mol. The summed E-state index contributed by atoms with van der Waals surface area (Å²) in [5.41, 5.74) is 0. The molecule has 0 spiro atoms. The largest absolute Gasteiger partial charge is 0.463 e. The van der Waals surface area contributed by atoms with Crippen LogP contribution in [0.4, 0.5) is 0 Å². The first-order chi connectivity index (χ1) is 7.39. The van der Waals surface area contributed by atoms with E-state index in [1.807, 2.05) is 0 Å². The van der Waals surface area contributed by atoms with Gasteiger partial charge in [-0.2, -0.15) is 0 Å². The maximum Gasteiger partial charge on any atom is 0.302 e. The topological polar surface area (TPSA) is 74.2 Å². The van der Waals surface area contributed by atoms with Crippen LogP contribution in [0.3, 0.4) is 0 Å². The number of ether oxygens (including phenoxy) is 4. The van der Waals surface area contributed by atoms with Crippen LogP contribution in [0.5, 0.6) is 0 Å². The molecule has 2 saturated heterocycles. The van der Waals surface area contributed by atoms with Crippen molar-refractivity contribution in [2.75, 3.05) is 6.61 Å². The summed E-state index contributed by atoms with van der Waals surface area (Å²) in [7, 11) is 0. The molecule has 0 bridgehead atoms. The number of carbonyl (C=O) groups excluding carboxylic acids is 1. The molecule has 2 fully saturated rings. The van der Waals surface area contributed by atoms with Gasteiger partial charge in [-0.3, -0.25) is 4.79 Å². The molecule has 2 aliphatic rings. The Hall–Kier alpha value is -0.690. The van der Waals surface area contributed by atoms with Gasteiger partial charge in [-0.05, 0) is 13.8 Å². The minimum atomic E-state index is -0.842. The highest BCUT2D eigenvalue weighted by Crippen LogP contribution is 2.37. The molecule has 0 radical (unpaired) electrons. The van der Waals surface area contributed by atoms with Crippen molar-refractivity contribution in [3.8, 4) is 0 Å². The summed E-state index contributed by atoms with van der Waals surface area (Å²) < 4.78 is 21.1. The Morgan fingerprint density at radius 2 is 2.12 bits per heavy atom. The fourth-order valence-electron chi connectivity index (χ4n) is 1.90. The van der Waals surface area contributed by atoms with Gasteiger partial charge in [-0.25, -0.2) is 0 Å². The van der Waals surface area contributed by atoms with Gasteiger partial charge in [0.1, 0.15) is 24.9 Å². The van der Waals surface area contributed by atoms with E-state index in [9.17, 15) is 9.90 Å². The van der Waals surface area contributed by atoms with Crippen molar-refractivity contribution in [1.82, 2.24) is 0 Å². The molecule has 0 aromatic carbocycles. The summed E-state index contributed by atoms with van der Waals surface area (Å²) in [4.78, 5) is 10.6. The SMILES string of the molecule is CC(=O)OC[C@@H]1O[C@H]2OC(C)(C)O[C@@H]2[C@@H]1O. The summed E-state index contributed by atoms with van der Waals surface area (Å²) in [6.07, 6.45) is -2.54. The first-order valence-corrected chi connectivity index (χ1v) is 5.21. The van der Waals surface area contributed by atoms with Crippen molar-refractivity contribution >= 4 is 5.97 Å². The Labute approximate surface area is 93.4 Å². The van der Waals surface area contributed by atoms with Crippen molar-refractivity contribution < 1.29 is 28.8 Å². The molecule has 2 aliphatic heterocycles. The summed E-state index contributed by atoms with van der Waals surface area (Å²) >= 11 is 0. The van der Waals surface area contributed by atoms with Gasteiger partial charge in [-0.15, -0.1) is 0 Å². The number of hydrogen-bond acceptors (Lipinski definition) is 6. The Bertz CT molecular complexity index is 289.